The second-order valence-electron chi connectivity index (χ2n) is 12.2. The highest BCUT2D eigenvalue weighted by molar-refractivity contribution is 8.34. The van der Waals surface area contributed by atoms with E-state index in [2.05, 4.69) is 96.2 Å². The molecule has 0 fully saturated rings. The maximum absolute atomic E-state index is 2.64. The molecule has 3 heteroatoms. The molecule has 0 saturated heterocycles. The van der Waals surface area contributed by atoms with Crippen LogP contribution in [-0.2, 0) is 11.8 Å². The molecular formula is C34H50S3. The number of thiophene rings is 2. The first-order valence-electron chi connectivity index (χ1n) is 14.9. The van der Waals surface area contributed by atoms with Crippen LogP contribution in [0.4, 0.5) is 0 Å². The first kappa shape index (κ1) is 29.0. The maximum Gasteiger partial charge on any atom is 0.0584 e. The number of aryl methyl sites for hydroxylation is 2. The minimum atomic E-state index is -1.25. The van der Waals surface area contributed by atoms with Gasteiger partial charge in [0.15, 0.2) is 0 Å². The average molecular weight is 555 g/mol. The van der Waals surface area contributed by atoms with Crippen molar-refractivity contribution in [3.8, 4) is 9.75 Å². The zero-order chi connectivity index (χ0) is 26.6. The van der Waals surface area contributed by atoms with Crippen molar-refractivity contribution in [3.63, 3.8) is 0 Å². The molecule has 3 heterocycles. The van der Waals surface area contributed by atoms with Crippen molar-refractivity contribution >= 4 is 32.7 Å². The van der Waals surface area contributed by atoms with Crippen molar-refractivity contribution in [2.75, 3.05) is 5.75 Å². The molecule has 1 aliphatic rings. The summed E-state index contributed by atoms with van der Waals surface area (Å²) in [7, 11) is -1.25. The standard InChI is InChI=1S/C34H50S3/c1-8-11-13-14-15-17-27-18-20-28(21-19-27)37(24-26(10-3)16-12-9-2)29-22-25(4)35-32(29)33-30(37)23-31(36-33)34(5,6)7/h18-23,26H,8-17,24H2,1-7H3. The summed E-state index contributed by atoms with van der Waals surface area (Å²) in [6, 6.07) is 15.3. The molecular weight excluding hydrogens is 505 g/mol. The van der Waals surface area contributed by atoms with E-state index in [1.807, 2.05) is 11.3 Å². The smallest absolute Gasteiger partial charge is 0.0584 e. The molecule has 1 aromatic carbocycles. The summed E-state index contributed by atoms with van der Waals surface area (Å²) in [6.07, 6.45) is 13.3. The van der Waals surface area contributed by atoms with Crippen LogP contribution in [0.2, 0.25) is 0 Å². The average Bonchev–Trinajstić information content (AvgIpc) is 3.54. The van der Waals surface area contributed by atoms with Crippen molar-refractivity contribution in [3.05, 3.63) is 51.7 Å². The maximum atomic E-state index is 2.64. The zero-order valence-electron chi connectivity index (χ0n) is 24.5. The monoisotopic (exact) mass is 554 g/mol. The minimum Gasteiger partial charge on any atom is -0.157 e. The van der Waals surface area contributed by atoms with Crippen LogP contribution in [0.1, 0.15) is 115 Å². The Hall–Kier alpha value is -1.03. The highest BCUT2D eigenvalue weighted by Gasteiger charge is 2.45. The van der Waals surface area contributed by atoms with Gasteiger partial charge < -0.3 is 0 Å². The van der Waals surface area contributed by atoms with Crippen molar-refractivity contribution in [1.29, 1.82) is 0 Å². The van der Waals surface area contributed by atoms with Crippen molar-refractivity contribution in [1.82, 2.24) is 0 Å². The van der Waals surface area contributed by atoms with Crippen molar-refractivity contribution in [2.45, 2.75) is 133 Å². The molecule has 2 aromatic heterocycles. The summed E-state index contributed by atoms with van der Waals surface area (Å²) in [5.74, 6) is 2.10. The molecule has 4 rings (SSSR count). The normalized spacial score (nSPS) is 19.4. The van der Waals surface area contributed by atoms with Gasteiger partial charge in [-0.3, -0.25) is 0 Å². The Labute approximate surface area is 237 Å². The minimum absolute atomic E-state index is 0.195. The Morgan fingerprint density at radius 3 is 2.08 bits per heavy atom. The van der Waals surface area contributed by atoms with Gasteiger partial charge >= 0.3 is 0 Å². The third-order valence-electron chi connectivity index (χ3n) is 8.14. The highest BCUT2D eigenvalue weighted by atomic mass is 32.3. The number of hydrogen-bond donors (Lipinski definition) is 0. The van der Waals surface area contributed by atoms with E-state index in [9.17, 15) is 0 Å². The van der Waals surface area contributed by atoms with Gasteiger partial charge in [0.1, 0.15) is 0 Å². The predicted octanol–water partition coefficient (Wildman–Crippen LogP) is 12.4. The van der Waals surface area contributed by atoms with E-state index in [1.54, 1.807) is 29.3 Å². The summed E-state index contributed by atoms with van der Waals surface area (Å²) in [5.41, 5.74) is 1.72. The van der Waals surface area contributed by atoms with Crippen LogP contribution in [0.3, 0.4) is 0 Å². The molecule has 0 bridgehead atoms. The lowest BCUT2D eigenvalue weighted by molar-refractivity contribution is 0.497. The van der Waals surface area contributed by atoms with Crippen LogP contribution in [0, 0.1) is 12.8 Å². The van der Waals surface area contributed by atoms with E-state index < -0.39 is 10.0 Å². The summed E-state index contributed by atoms with van der Waals surface area (Å²) >= 11 is 4.13. The topological polar surface area (TPSA) is 0 Å². The first-order valence-corrected chi connectivity index (χ1v) is 18.3. The van der Waals surface area contributed by atoms with Crippen molar-refractivity contribution in [2.24, 2.45) is 5.92 Å². The Bertz CT molecular complexity index is 1140. The lowest BCUT2D eigenvalue weighted by Crippen LogP contribution is -2.15. The number of unbranched alkanes of at least 4 members (excludes halogenated alkanes) is 5. The van der Waals surface area contributed by atoms with Gasteiger partial charge in [0.2, 0.25) is 0 Å². The number of rotatable bonds is 13. The SMILES string of the molecule is CCCCCCCc1ccc(S2(CC(CC)CCCC)c3cc(C)sc3-c3sc(C(C)(C)C)cc32)cc1. The zero-order valence-corrected chi connectivity index (χ0v) is 27.0. The van der Waals surface area contributed by atoms with Crippen LogP contribution < -0.4 is 0 Å². The molecule has 204 valence electrons. The summed E-state index contributed by atoms with van der Waals surface area (Å²) < 4.78 is 0. The molecule has 2 unspecified atom stereocenters. The molecule has 0 spiro atoms. The van der Waals surface area contributed by atoms with E-state index in [-0.39, 0.29) is 5.41 Å². The van der Waals surface area contributed by atoms with E-state index in [4.69, 9.17) is 0 Å². The van der Waals surface area contributed by atoms with Crippen LogP contribution in [0.25, 0.3) is 9.75 Å². The summed E-state index contributed by atoms with van der Waals surface area (Å²) in [6.45, 7) is 16.6. The number of benzene rings is 1. The lowest BCUT2D eigenvalue weighted by Gasteiger charge is -2.41. The van der Waals surface area contributed by atoms with Crippen LogP contribution >= 0.6 is 32.7 Å². The molecule has 3 aromatic rings. The first-order chi connectivity index (χ1) is 17.7. The Kier molecular flexibility index (Phi) is 9.73. The van der Waals surface area contributed by atoms with Gasteiger partial charge in [0.05, 0.1) is 9.75 Å². The number of fused-ring (bicyclic) bond motifs is 3. The molecule has 0 amide bonds. The van der Waals surface area contributed by atoms with Crippen LogP contribution in [-0.4, -0.2) is 5.75 Å². The molecule has 1 aliphatic heterocycles. The largest absolute Gasteiger partial charge is 0.157 e. The lowest BCUT2D eigenvalue weighted by atomic mass is 9.95. The predicted molar refractivity (Wildman–Crippen MR) is 171 cm³/mol. The van der Waals surface area contributed by atoms with E-state index in [0.29, 0.717) is 0 Å². The van der Waals surface area contributed by atoms with Gasteiger partial charge in [-0.2, -0.15) is 10.0 Å². The van der Waals surface area contributed by atoms with E-state index >= 15 is 0 Å². The van der Waals surface area contributed by atoms with Gasteiger partial charge in [0.25, 0.3) is 0 Å². The molecule has 0 radical (unpaired) electrons. The van der Waals surface area contributed by atoms with Crippen molar-refractivity contribution < 1.29 is 0 Å². The third-order valence-corrected chi connectivity index (χ3v) is 15.4. The quantitative estimate of drug-likeness (QED) is 0.184. The number of hydrogen-bond acceptors (Lipinski definition) is 2. The highest BCUT2D eigenvalue weighted by Crippen LogP contribution is 2.79. The fourth-order valence-corrected chi connectivity index (χ4v) is 13.9. The molecule has 0 aliphatic carbocycles. The summed E-state index contributed by atoms with van der Waals surface area (Å²) in [5, 5.41) is 0. The summed E-state index contributed by atoms with van der Waals surface area (Å²) in [4.78, 5) is 11.2. The molecule has 0 saturated carbocycles. The van der Waals surface area contributed by atoms with Gasteiger partial charge in [-0.05, 0) is 78.0 Å². The second-order valence-corrected chi connectivity index (χ2v) is 17.7. The fraction of sp³-hybridized carbons (Fsp3) is 0.588. The van der Waals surface area contributed by atoms with E-state index in [1.165, 1.54) is 80.4 Å². The van der Waals surface area contributed by atoms with Crippen LogP contribution in [0.5, 0.6) is 0 Å². The Morgan fingerprint density at radius 2 is 1.43 bits per heavy atom. The molecule has 37 heavy (non-hydrogen) atoms. The van der Waals surface area contributed by atoms with Gasteiger partial charge in [0, 0.05) is 19.5 Å². The van der Waals surface area contributed by atoms with Crippen LogP contribution in [0.15, 0.2) is 51.1 Å². The Morgan fingerprint density at radius 1 is 0.784 bits per heavy atom. The van der Waals surface area contributed by atoms with Gasteiger partial charge in [-0.1, -0.05) is 98.6 Å². The Balaban J connectivity index is 1.78. The van der Waals surface area contributed by atoms with Gasteiger partial charge in [-0.25, -0.2) is 0 Å². The molecule has 2 atom stereocenters. The fourth-order valence-electron chi connectivity index (χ4n) is 5.79. The van der Waals surface area contributed by atoms with E-state index in [0.717, 1.165) is 5.92 Å². The van der Waals surface area contributed by atoms with Gasteiger partial charge in [-0.15, -0.1) is 22.7 Å². The molecule has 0 nitrogen and oxygen atoms in total. The molecule has 0 N–H and O–H groups in total. The third kappa shape index (κ3) is 6.10. The second kappa shape index (κ2) is 12.4.